The number of hydrogen-bond acceptors (Lipinski definition) is 10. The lowest BCUT2D eigenvalue weighted by atomic mass is 9.85. The summed E-state index contributed by atoms with van der Waals surface area (Å²) in [7, 11) is 0. The quantitative estimate of drug-likeness (QED) is 0.0610. The van der Waals surface area contributed by atoms with Crippen molar-refractivity contribution in [3.05, 3.63) is 59.1 Å². The van der Waals surface area contributed by atoms with Gasteiger partial charge in [-0.15, -0.1) is 0 Å². The van der Waals surface area contributed by atoms with Crippen LogP contribution < -0.4 is 22.1 Å². The molecule has 0 unspecified atom stereocenters. The van der Waals surface area contributed by atoms with Crippen molar-refractivity contribution in [2.45, 2.75) is 105 Å². The topological polar surface area (TPSA) is 216 Å². The van der Waals surface area contributed by atoms with Gasteiger partial charge in [0, 0.05) is 54.6 Å². The summed E-state index contributed by atoms with van der Waals surface area (Å²) in [6, 6.07) is 11.7. The van der Waals surface area contributed by atoms with Gasteiger partial charge in [-0.25, -0.2) is 0 Å². The maximum atomic E-state index is 13.4. The van der Waals surface area contributed by atoms with Crippen molar-refractivity contribution < 1.29 is 38.7 Å². The summed E-state index contributed by atoms with van der Waals surface area (Å²) in [4.78, 5) is 91.5. The van der Waals surface area contributed by atoms with Gasteiger partial charge in [-0.3, -0.25) is 33.6 Å². The molecule has 0 radical (unpaired) electrons. The summed E-state index contributed by atoms with van der Waals surface area (Å²) in [6.45, 7) is 10.00. The highest BCUT2D eigenvalue weighted by molar-refractivity contribution is 6.38. The Labute approximate surface area is 323 Å². The molecule has 0 bridgehead atoms. The van der Waals surface area contributed by atoms with Gasteiger partial charge in [0.05, 0.1) is 18.1 Å². The molecule has 0 saturated carbocycles. The van der Waals surface area contributed by atoms with E-state index in [2.05, 4.69) is 10.6 Å². The van der Waals surface area contributed by atoms with Crippen LogP contribution in [-0.2, 0) is 28.8 Å². The van der Waals surface area contributed by atoms with Gasteiger partial charge in [0.25, 0.3) is 0 Å². The maximum Gasteiger partial charge on any atom is 0.225 e. The first-order valence-corrected chi connectivity index (χ1v) is 18.9. The number of unbranched alkanes of at least 4 members (excludes halogenated alkanes) is 1. The molecule has 13 heteroatoms. The van der Waals surface area contributed by atoms with Crippen molar-refractivity contribution in [2.24, 2.45) is 34.6 Å². The highest BCUT2D eigenvalue weighted by atomic mass is 35.5. The Kier molecular flexibility index (Phi) is 18.5. The minimum Gasteiger partial charge on any atom is -0.391 e. The zero-order valence-electron chi connectivity index (χ0n) is 32.3. The average molecular weight is 769 g/mol. The first kappa shape index (κ1) is 46.1. The fraction of sp³-hybridized carbons (Fsp3) is 0.537. The standard InChI is InChI=1S/C41H57ClN4O8/c1-24(38(52)36(51)22-41(4,5)6)19-34(49)32(9-7-8-18-43)45-39(53)25(2)20-35(50)37(26(3)47)46-40(54)30(23-44)21-33(48)29-12-10-27(11-13-29)28-14-16-31(42)17-15-28/h10-17,24-26,30,32,37,47H,7-9,18-23,43-44H2,1-6H3,(H,45,53)(H,46,54)/t24-,25-,26-,30+,32+,37+/m1/s1. The van der Waals surface area contributed by atoms with Gasteiger partial charge in [-0.2, -0.15) is 0 Å². The molecular formula is C41H57ClN4O8. The Hall–Kier alpha value is -4.10. The molecule has 0 aromatic heterocycles. The first-order valence-electron chi connectivity index (χ1n) is 18.5. The van der Waals surface area contributed by atoms with Gasteiger partial charge in [-0.05, 0) is 61.4 Å². The van der Waals surface area contributed by atoms with Gasteiger partial charge < -0.3 is 27.2 Å². The predicted octanol–water partition coefficient (Wildman–Crippen LogP) is 4.40. The van der Waals surface area contributed by atoms with Crippen molar-refractivity contribution in [3.8, 4) is 11.1 Å². The van der Waals surface area contributed by atoms with Crippen LogP contribution in [-0.4, -0.2) is 77.1 Å². The van der Waals surface area contributed by atoms with Gasteiger partial charge in [0.15, 0.2) is 23.1 Å². The van der Waals surface area contributed by atoms with E-state index in [0.717, 1.165) is 11.1 Å². The number of rotatable bonds is 23. The normalized spacial score (nSPS) is 14.9. The second-order valence-corrected chi connectivity index (χ2v) is 15.8. The maximum absolute atomic E-state index is 13.4. The van der Waals surface area contributed by atoms with E-state index < -0.39 is 76.3 Å². The number of halogens is 1. The van der Waals surface area contributed by atoms with Gasteiger partial charge >= 0.3 is 0 Å². The summed E-state index contributed by atoms with van der Waals surface area (Å²) >= 11 is 5.97. The fourth-order valence-corrected chi connectivity index (χ4v) is 6.01. The largest absolute Gasteiger partial charge is 0.391 e. The van der Waals surface area contributed by atoms with Gasteiger partial charge in [-0.1, -0.05) is 82.6 Å². The van der Waals surface area contributed by atoms with E-state index in [1.165, 1.54) is 20.8 Å². The van der Waals surface area contributed by atoms with Crippen LogP contribution in [0.2, 0.25) is 5.02 Å². The summed E-state index contributed by atoms with van der Waals surface area (Å²) in [5, 5.41) is 16.3. The Morgan fingerprint density at radius 2 is 1.30 bits per heavy atom. The van der Waals surface area contributed by atoms with E-state index in [-0.39, 0.29) is 44.4 Å². The number of nitrogens with two attached hydrogens (primary N) is 2. The second-order valence-electron chi connectivity index (χ2n) is 15.4. The zero-order chi connectivity index (χ0) is 40.7. The Bertz CT molecular complexity index is 1620. The van der Waals surface area contributed by atoms with Crippen molar-refractivity contribution >= 4 is 52.3 Å². The van der Waals surface area contributed by atoms with Crippen LogP contribution in [0.4, 0.5) is 0 Å². The number of aliphatic hydroxyl groups is 1. The van der Waals surface area contributed by atoms with Crippen LogP contribution in [0.5, 0.6) is 0 Å². The Morgan fingerprint density at radius 3 is 1.81 bits per heavy atom. The molecule has 0 aliphatic carbocycles. The molecule has 2 rings (SSSR count). The van der Waals surface area contributed by atoms with E-state index in [4.69, 9.17) is 23.1 Å². The number of Topliss-reactive ketones (excluding diaryl/α,β-unsaturated/α-hetero) is 5. The van der Waals surface area contributed by atoms with Crippen LogP contribution in [0.15, 0.2) is 48.5 Å². The van der Waals surface area contributed by atoms with Crippen LogP contribution in [0.25, 0.3) is 11.1 Å². The molecule has 296 valence electrons. The van der Waals surface area contributed by atoms with Gasteiger partial charge in [0.1, 0.15) is 6.04 Å². The fourth-order valence-electron chi connectivity index (χ4n) is 5.88. The van der Waals surface area contributed by atoms with Crippen LogP contribution >= 0.6 is 11.6 Å². The third-order valence-corrected chi connectivity index (χ3v) is 9.38. The first-order chi connectivity index (χ1) is 25.3. The molecule has 0 heterocycles. The van der Waals surface area contributed by atoms with Crippen molar-refractivity contribution in [3.63, 3.8) is 0 Å². The number of aliphatic hydroxyl groups excluding tert-OH is 1. The Balaban J connectivity index is 2.05. The molecule has 12 nitrogen and oxygen atoms in total. The number of ketones is 5. The third-order valence-electron chi connectivity index (χ3n) is 9.13. The van der Waals surface area contributed by atoms with Crippen LogP contribution in [0.1, 0.15) is 96.8 Å². The number of benzene rings is 2. The monoisotopic (exact) mass is 768 g/mol. The SMILES string of the molecule is C[C@H](CC(=O)[C@@H](NC(=O)[C@H](CN)CC(=O)c1ccc(-c2ccc(Cl)cc2)cc1)[C@@H](C)O)C(=O)N[C@@H](CCCCN)C(=O)C[C@@H](C)C(=O)C(=O)CC(C)(C)C. The lowest BCUT2D eigenvalue weighted by molar-refractivity contribution is -0.141. The molecule has 0 saturated heterocycles. The number of amides is 2. The highest BCUT2D eigenvalue weighted by Gasteiger charge is 2.33. The molecular weight excluding hydrogens is 712 g/mol. The molecule has 2 amide bonds. The molecule has 7 N–H and O–H groups in total. The predicted molar refractivity (Wildman–Crippen MR) is 208 cm³/mol. The molecule has 0 aliphatic heterocycles. The van der Waals surface area contributed by atoms with E-state index in [1.54, 1.807) is 36.4 Å². The minimum absolute atomic E-state index is 0.0479. The molecule has 0 spiro atoms. The second kappa shape index (κ2) is 21.7. The Morgan fingerprint density at radius 1 is 0.741 bits per heavy atom. The number of carbonyl (C=O) groups is 7. The van der Waals surface area contributed by atoms with Crippen molar-refractivity contribution in [2.75, 3.05) is 13.1 Å². The van der Waals surface area contributed by atoms with Crippen LogP contribution in [0.3, 0.4) is 0 Å². The van der Waals surface area contributed by atoms with Crippen molar-refractivity contribution in [1.29, 1.82) is 0 Å². The summed E-state index contributed by atoms with van der Waals surface area (Å²) in [6.07, 6.45) is -0.800. The molecule has 0 aliphatic rings. The molecule has 2 aromatic rings. The highest BCUT2D eigenvalue weighted by Crippen LogP contribution is 2.24. The lowest BCUT2D eigenvalue weighted by Gasteiger charge is -2.25. The summed E-state index contributed by atoms with van der Waals surface area (Å²) < 4.78 is 0. The third kappa shape index (κ3) is 15.0. The molecule has 0 fully saturated rings. The average Bonchev–Trinajstić information content (AvgIpc) is 3.11. The van der Waals surface area contributed by atoms with E-state index in [9.17, 15) is 38.7 Å². The van der Waals surface area contributed by atoms with Crippen molar-refractivity contribution in [1.82, 2.24) is 10.6 Å². The molecule has 6 atom stereocenters. The molecule has 54 heavy (non-hydrogen) atoms. The molecule has 2 aromatic carbocycles. The van der Waals surface area contributed by atoms with E-state index in [1.807, 2.05) is 32.9 Å². The number of carbonyl (C=O) groups excluding carboxylic acids is 7. The summed E-state index contributed by atoms with van der Waals surface area (Å²) in [5.74, 6) is -6.72. The minimum atomic E-state index is -1.39. The van der Waals surface area contributed by atoms with Gasteiger partial charge in [0.2, 0.25) is 17.6 Å². The van der Waals surface area contributed by atoms with E-state index in [0.29, 0.717) is 30.0 Å². The van der Waals surface area contributed by atoms with E-state index >= 15 is 0 Å². The smallest absolute Gasteiger partial charge is 0.225 e. The zero-order valence-corrected chi connectivity index (χ0v) is 33.0. The van der Waals surface area contributed by atoms with Crippen LogP contribution in [0, 0.1) is 23.2 Å². The summed E-state index contributed by atoms with van der Waals surface area (Å²) in [5.41, 5.74) is 13.3. The number of nitrogens with one attached hydrogen (secondary N) is 2. The lowest BCUT2D eigenvalue weighted by Crippen LogP contribution is -2.51. The number of hydrogen-bond donors (Lipinski definition) is 5.